The zero-order chi connectivity index (χ0) is 27.8. The highest BCUT2D eigenvalue weighted by Gasteiger charge is 2.53. The molecule has 0 spiro atoms. The molecule has 4 N–H and O–H groups in total. The largest absolute Gasteiger partial charge is 0.466 e. The molecular weight excluding hydrogens is 512 g/mol. The number of fused-ring (bicyclic) bond motifs is 4. The predicted molar refractivity (Wildman–Crippen MR) is 141 cm³/mol. The lowest BCUT2D eigenvalue weighted by Gasteiger charge is -2.50. The van der Waals surface area contributed by atoms with Crippen molar-refractivity contribution in [3.8, 4) is 0 Å². The van der Waals surface area contributed by atoms with E-state index in [-0.39, 0.29) is 34.8 Å². The molecule has 2 aromatic carbocycles. The SMILES string of the molecule is COC(=O)C1=C(C(=O)OC)C2c3cc4c(cc3C1c1cc3c(cc12)C1CCC3C(O)C1O)C1CCC4C(O)C1O. The molecule has 9 aliphatic carbocycles. The zero-order valence-corrected chi connectivity index (χ0v) is 22.3. The van der Waals surface area contributed by atoms with Crippen molar-refractivity contribution >= 4 is 11.9 Å². The fourth-order valence-electron chi connectivity index (χ4n) is 9.28. The standard InChI is InChI=1S/C32H32O8/c1-39-31(37)25-23-19-7-15-11-3-5-13(29(35)27(11)33)17(15)9-21(19)24(26(25)32(38)40-2)22-10-18-14-6-4-12(28(34)30(14)36)16(18)8-20(22)23/h7-14,23-24,27-30,33-36H,3-6H2,1-2H3. The summed E-state index contributed by atoms with van der Waals surface area (Å²) in [5.41, 5.74) is 8.15. The summed E-state index contributed by atoms with van der Waals surface area (Å²) in [5, 5.41) is 43.3. The van der Waals surface area contributed by atoms with Gasteiger partial charge in [0.2, 0.25) is 0 Å². The van der Waals surface area contributed by atoms with Gasteiger partial charge in [-0.2, -0.15) is 0 Å². The molecule has 0 heterocycles. The van der Waals surface area contributed by atoms with Crippen LogP contribution in [0.5, 0.6) is 0 Å². The van der Waals surface area contributed by atoms with Crippen LogP contribution in [-0.4, -0.2) is 71.0 Å². The van der Waals surface area contributed by atoms with Crippen molar-refractivity contribution in [1.82, 2.24) is 0 Å². The lowest BCUT2D eigenvalue weighted by atomic mass is 9.55. The Morgan fingerprint density at radius 3 is 1.00 bits per heavy atom. The number of hydrogen-bond acceptors (Lipinski definition) is 8. The molecule has 6 bridgehead atoms. The van der Waals surface area contributed by atoms with Crippen molar-refractivity contribution in [3.05, 3.63) is 79.9 Å². The quantitative estimate of drug-likeness (QED) is 0.424. The van der Waals surface area contributed by atoms with Crippen LogP contribution in [0, 0.1) is 0 Å². The van der Waals surface area contributed by atoms with Gasteiger partial charge in [0.25, 0.3) is 0 Å². The third kappa shape index (κ3) is 2.85. The van der Waals surface area contributed by atoms with Crippen LogP contribution in [0.4, 0.5) is 0 Å². The lowest BCUT2D eigenvalue weighted by molar-refractivity contribution is -0.140. The highest BCUT2D eigenvalue weighted by molar-refractivity contribution is 6.06. The van der Waals surface area contributed by atoms with Gasteiger partial charge >= 0.3 is 11.9 Å². The van der Waals surface area contributed by atoms with Crippen LogP contribution in [-0.2, 0) is 19.1 Å². The van der Waals surface area contributed by atoms with E-state index >= 15 is 0 Å². The molecular formula is C32H32O8. The molecule has 2 aromatic rings. The van der Waals surface area contributed by atoms with Gasteiger partial charge in [-0.05, 0) is 70.2 Å². The first-order valence-electron chi connectivity index (χ1n) is 14.2. The first-order chi connectivity index (χ1) is 19.3. The van der Waals surface area contributed by atoms with Crippen LogP contribution in [0.15, 0.2) is 35.4 Å². The Kier molecular flexibility index (Phi) is 5.10. The maximum atomic E-state index is 13.4. The summed E-state index contributed by atoms with van der Waals surface area (Å²) in [6, 6.07) is 8.33. The molecule has 2 fully saturated rings. The Labute approximate surface area is 231 Å². The molecule has 8 nitrogen and oxygen atoms in total. The Hall–Kier alpha value is -3.04. The van der Waals surface area contributed by atoms with E-state index in [1.807, 2.05) is 0 Å². The average Bonchev–Trinajstić information content (AvgIpc) is 2.98. The summed E-state index contributed by atoms with van der Waals surface area (Å²) < 4.78 is 10.5. The van der Waals surface area contributed by atoms with E-state index < -0.39 is 48.2 Å². The van der Waals surface area contributed by atoms with Crippen LogP contribution >= 0.6 is 0 Å². The second-order valence-electron chi connectivity index (χ2n) is 12.4. The lowest BCUT2D eigenvalue weighted by Crippen LogP contribution is -2.47. The maximum absolute atomic E-state index is 13.4. The van der Waals surface area contributed by atoms with E-state index in [0.717, 1.165) is 70.2 Å². The molecule has 0 aromatic heterocycles. The van der Waals surface area contributed by atoms with Gasteiger partial charge in [0.15, 0.2) is 0 Å². The Morgan fingerprint density at radius 1 is 0.525 bits per heavy atom. The molecule has 40 heavy (non-hydrogen) atoms. The highest BCUT2D eigenvalue weighted by atomic mass is 16.5. The van der Waals surface area contributed by atoms with Crippen molar-refractivity contribution in [1.29, 1.82) is 0 Å². The molecule has 9 aliphatic rings. The predicted octanol–water partition coefficient (Wildman–Crippen LogP) is 2.31. The number of methoxy groups -OCH3 is 2. The molecule has 0 amide bonds. The molecule has 8 heteroatoms. The second kappa shape index (κ2) is 8.26. The molecule has 0 saturated heterocycles. The van der Waals surface area contributed by atoms with Crippen LogP contribution in [0.1, 0.15) is 106 Å². The van der Waals surface area contributed by atoms with Crippen LogP contribution in [0.25, 0.3) is 0 Å². The Balaban J connectivity index is 1.41. The smallest absolute Gasteiger partial charge is 0.335 e. The molecule has 8 atom stereocenters. The summed E-state index contributed by atoms with van der Waals surface area (Å²) in [6.45, 7) is 0. The third-order valence-electron chi connectivity index (χ3n) is 11.0. The fraction of sp³-hybridized carbons (Fsp3) is 0.500. The summed E-state index contributed by atoms with van der Waals surface area (Å²) in [7, 11) is 2.61. The van der Waals surface area contributed by atoms with Gasteiger partial charge < -0.3 is 29.9 Å². The van der Waals surface area contributed by atoms with Gasteiger partial charge in [-0.15, -0.1) is 0 Å². The zero-order valence-electron chi connectivity index (χ0n) is 22.3. The van der Waals surface area contributed by atoms with Crippen molar-refractivity contribution in [2.24, 2.45) is 0 Å². The Bertz CT molecular complexity index is 1340. The minimum absolute atomic E-state index is 0.193. The average molecular weight is 545 g/mol. The van der Waals surface area contributed by atoms with Gasteiger partial charge in [-0.25, -0.2) is 9.59 Å². The number of hydrogen-bond donors (Lipinski definition) is 4. The first kappa shape index (κ1) is 24.7. The number of aliphatic hydroxyl groups is 4. The Morgan fingerprint density at radius 2 is 0.775 bits per heavy atom. The van der Waals surface area contributed by atoms with Crippen LogP contribution < -0.4 is 0 Å². The molecule has 208 valence electrons. The minimum Gasteiger partial charge on any atom is -0.466 e. The summed E-state index contributed by atoms with van der Waals surface area (Å²) in [6.07, 6.45) is -0.231. The number of ether oxygens (including phenoxy) is 2. The van der Waals surface area contributed by atoms with Crippen molar-refractivity contribution in [2.75, 3.05) is 14.2 Å². The van der Waals surface area contributed by atoms with Gasteiger partial charge in [0.05, 0.1) is 49.8 Å². The molecule has 8 unspecified atom stereocenters. The van der Waals surface area contributed by atoms with Gasteiger partial charge in [0.1, 0.15) is 0 Å². The van der Waals surface area contributed by atoms with Crippen LogP contribution in [0.3, 0.4) is 0 Å². The fourth-order valence-corrected chi connectivity index (χ4v) is 9.28. The highest BCUT2D eigenvalue weighted by Crippen LogP contribution is 2.61. The molecule has 0 radical (unpaired) electrons. The summed E-state index contributed by atoms with van der Waals surface area (Å²) in [5.74, 6) is -3.12. The number of carbonyl (C=O) groups is 2. The van der Waals surface area contributed by atoms with Crippen LogP contribution in [0.2, 0.25) is 0 Å². The summed E-state index contributed by atoms with van der Waals surface area (Å²) in [4.78, 5) is 26.8. The maximum Gasteiger partial charge on any atom is 0.335 e. The minimum atomic E-state index is -0.839. The summed E-state index contributed by atoms with van der Waals surface area (Å²) >= 11 is 0. The number of rotatable bonds is 2. The van der Waals surface area contributed by atoms with Gasteiger partial charge in [-0.1, -0.05) is 24.3 Å². The van der Waals surface area contributed by atoms with Crippen molar-refractivity contribution < 1.29 is 39.5 Å². The second-order valence-corrected chi connectivity index (χ2v) is 12.4. The normalized spacial score (nSPS) is 37.5. The number of aliphatic hydroxyl groups excluding tert-OH is 4. The van der Waals surface area contributed by atoms with E-state index in [1.54, 1.807) is 0 Å². The van der Waals surface area contributed by atoms with E-state index in [9.17, 15) is 30.0 Å². The van der Waals surface area contributed by atoms with Gasteiger partial charge in [-0.3, -0.25) is 0 Å². The molecule has 2 saturated carbocycles. The van der Waals surface area contributed by atoms with Crippen molar-refractivity contribution in [3.63, 3.8) is 0 Å². The first-order valence-corrected chi connectivity index (χ1v) is 14.2. The number of carbonyl (C=O) groups excluding carboxylic acids is 2. The third-order valence-corrected chi connectivity index (χ3v) is 11.0. The number of esters is 2. The van der Waals surface area contributed by atoms with E-state index in [2.05, 4.69) is 24.3 Å². The van der Waals surface area contributed by atoms with E-state index in [0.29, 0.717) is 0 Å². The van der Waals surface area contributed by atoms with E-state index in [4.69, 9.17) is 9.47 Å². The monoisotopic (exact) mass is 544 g/mol. The van der Waals surface area contributed by atoms with E-state index in [1.165, 1.54) is 14.2 Å². The van der Waals surface area contributed by atoms with Crippen molar-refractivity contribution in [2.45, 2.75) is 85.6 Å². The van der Waals surface area contributed by atoms with Gasteiger partial charge in [0, 0.05) is 35.5 Å². The number of benzene rings is 2. The molecule has 11 rings (SSSR count). The molecule has 0 aliphatic heterocycles. The topological polar surface area (TPSA) is 134 Å².